The van der Waals surface area contributed by atoms with Crippen LogP contribution in [-0.2, 0) is 9.53 Å². The fourth-order valence-corrected chi connectivity index (χ4v) is 5.24. The molecule has 3 fully saturated rings. The van der Waals surface area contributed by atoms with E-state index >= 15 is 0 Å². The maximum absolute atomic E-state index is 14.2. The number of alkyl halides is 3. The number of ether oxygens (including phenoxy) is 1. The van der Waals surface area contributed by atoms with Crippen LogP contribution in [0.3, 0.4) is 0 Å². The van der Waals surface area contributed by atoms with E-state index in [0.717, 1.165) is 0 Å². The number of nitrogens with zero attached hydrogens (tertiary/aromatic N) is 3. The van der Waals surface area contributed by atoms with Crippen molar-refractivity contribution in [3.05, 3.63) is 36.0 Å². The van der Waals surface area contributed by atoms with Crippen LogP contribution in [0.2, 0.25) is 0 Å². The Bertz CT molecular complexity index is 1110. The lowest BCUT2D eigenvalue weighted by Gasteiger charge is -2.26. The van der Waals surface area contributed by atoms with E-state index in [-0.39, 0.29) is 32.2 Å². The van der Waals surface area contributed by atoms with Crippen LogP contribution < -0.4 is 15.5 Å². The van der Waals surface area contributed by atoms with Gasteiger partial charge in [0.25, 0.3) is 0 Å². The van der Waals surface area contributed by atoms with Gasteiger partial charge in [-0.25, -0.2) is 0 Å². The number of pyridine rings is 1. The van der Waals surface area contributed by atoms with Gasteiger partial charge < -0.3 is 20.3 Å². The van der Waals surface area contributed by atoms with Gasteiger partial charge in [0.15, 0.2) is 0 Å². The predicted octanol–water partition coefficient (Wildman–Crippen LogP) is 1.97. The third-order valence-electron chi connectivity index (χ3n) is 7.00. The Morgan fingerprint density at radius 3 is 2.94 bits per heavy atom. The largest absolute Gasteiger partial charge is 0.397 e. The maximum Gasteiger partial charge on any atom is 0.397 e. The smallest absolute Gasteiger partial charge is 0.374 e. The van der Waals surface area contributed by atoms with Crippen LogP contribution in [0.4, 0.5) is 18.9 Å². The first-order valence-electron chi connectivity index (χ1n) is 10.5. The SMILES string of the molecule is N#Cc1ccc(N2C[C@]3(C(=O)NC[C@@H]4CNCCO4)C[C@]3(C(F)(F)F)C2)c2cccnc12. The molecular weight excluding hydrogens is 423 g/mol. The van der Waals surface area contributed by atoms with Gasteiger partial charge in [0, 0.05) is 50.0 Å². The van der Waals surface area contributed by atoms with Crippen molar-refractivity contribution in [1.29, 1.82) is 5.26 Å². The van der Waals surface area contributed by atoms with Crippen molar-refractivity contribution in [2.45, 2.75) is 18.7 Å². The van der Waals surface area contributed by atoms with Crippen molar-refractivity contribution >= 4 is 22.5 Å². The van der Waals surface area contributed by atoms with Gasteiger partial charge in [-0.1, -0.05) is 0 Å². The summed E-state index contributed by atoms with van der Waals surface area (Å²) in [6.45, 7) is 1.60. The van der Waals surface area contributed by atoms with E-state index in [1.165, 1.54) is 0 Å². The van der Waals surface area contributed by atoms with E-state index in [1.807, 2.05) is 0 Å². The fraction of sp³-hybridized carbons (Fsp3) is 0.500. The summed E-state index contributed by atoms with van der Waals surface area (Å²) in [5, 5.41) is 15.8. The second-order valence-corrected chi connectivity index (χ2v) is 8.75. The minimum absolute atomic E-state index is 0.0436. The average molecular weight is 445 g/mol. The van der Waals surface area contributed by atoms with Crippen molar-refractivity contribution < 1.29 is 22.7 Å². The quantitative estimate of drug-likeness (QED) is 0.748. The summed E-state index contributed by atoms with van der Waals surface area (Å²) in [6.07, 6.45) is -3.44. The highest BCUT2D eigenvalue weighted by molar-refractivity contribution is 5.97. The minimum atomic E-state index is -4.51. The molecule has 1 amide bonds. The van der Waals surface area contributed by atoms with Crippen LogP contribution >= 0.6 is 0 Å². The molecule has 1 aromatic carbocycles. The van der Waals surface area contributed by atoms with Crippen LogP contribution in [-0.4, -0.2) is 62.5 Å². The number of halogens is 3. The molecule has 2 N–H and O–H groups in total. The molecule has 168 valence electrons. The van der Waals surface area contributed by atoms with E-state index in [0.29, 0.717) is 41.9 Å². The maximum atomic E-state index is 14.2. The summed E-state index contributed by atoms with van der Waals surface area (Å²) in [5.41, 5.74) is -2.27. The second kappa shape index (κ2) is 7.32. The number of hydrogen-bond donors (Lipinski definition) is 2. The molecule has 10 heteroatoms. The van der Waals surface area contributed by atoms with Gasteiger partial charge in [0.2, 0.25) is 5.91 Å². The number of morpholine rings is 1. The molecule has 2 saturated heterocycles. The molecule has 0 unspecified atom stereocenters. The number of benzene rings is 1. The van der Waals surface area contributed by atoms with Crippen LogP contribution in [0.1, 0.15) is 12.0 Å². The Kier molecular flexibility index (Phi) is 4.80. The molecule has 32 heavy (non-hydrogen) atoms. The standard InChI is InChI=1S/C22H22F3N5O2/c23-22(24,25)21-11-20(21,19(31)29-10-15-9-27-6-7-32-15)12-30(13-21)17-4-3-14(8-26)18-16(17)2-1-5-28-18/h1-5,15,27H,6-7,9-13H2,(H,29,31)/t15-,20-,21-/m0/s1. The van der Waals surface area contributed by atoms with Crippen molar-refractivity contribution in [1.82, 2.24) is 15.6 Å². The lowest BCUT2D eigenvalue weighted by atomic mass is 9.94. The molecule has 0 bridgehead atoms. The molecule has 7 nitrogen and oxygen atoms in total. The Morgan fingerprint density at radius 2 is 2.22 bits per heavy atom. The Balaban J connectivity index is 1.44. The van der Waals surface area contributed by atoms with E-state index < -0.39 is 22.9 Å². The zero-order valence-corrected chi connectivity index (χ0v) is 17.2. The fourth-order valence-electron chi connectivity index (χ4n) is 5.24. The zero-order valence-electron chi connectivity index (χ0n) is 17.2. The number of nitrogens with one attached hydrogen (secondary N) is 2. The lowest BCUT2D eigenvalue weighted by molar-refractivity contribution is -0.191. The third-order valence-corrected chi connectivity index (χ3v) is 7.00. The zero-order chi connectivity index (χ0) is 22.6. The molecule has 2 aliphatic heterocycles. The van der Waals surface area contributed by atoms with Crippen LogP contribution in [0, 0.1) is 22.2 Å². The van der Waals surface area contributed by atoms with Crippen molar-refractivity contribution in [2.75, 3.05) is 44.2 Å². The van der Waals surface area contributed by atoms with Crippen LogP contribution in [0.25, 0.3) is 10.9 Å². The Hall–Kier alpha value is -2.90. The Labute approximate surface area is 182 Å². The normalized spacial score (nSPS) is 29.4. The number of carbonyl (C=O) groups is 1. The van der Waals surface area contributed by atoms with Gasteiger partial charge in [-0.15, -0.1) is 0 Å². The van der Waals surface area contributed by atoms with Crippen molar-refractivity contribution in [3.63, 3.8) is 0 Å². The number of rotatable bonds is 4. The first-order valence-corrected chi connectivity index (χ1v) is 10.5. The van der Waals surface area contributed by atoms with Crippen molar-refractivity contribution in [2.24, 2.45) is 10.8 Å². The van der Waals surface area contributed by atoms with Gasteiger partial charge >= 0.3 is 6.18 Å². The second-order valence-electron chi connectivity index (χ2n) is 8.75. The van der Waals surface area contributed by atoms with Gasteiger partial charge in [-0.05, 0) is 30.7 Å². The summed E-state index contributed by atoms with van der Waals surface area (Å²) in [4.78, 5) is 18.9. The number of piperidine rings is 1. The number of nitriles is 1. The first kappa shape index (κ1) is 21.0. The molecule has 3 aliphatic rings. The van der Waals surface area contributed by atoms with Gasteiger partial charge in [0.05, 0.1) is 29.2 Å². The number of amides is 1. The summed E-state index contributed by atoms with van der Waals surface area (Å²) in [6, 6.07) is 8.70. The number of fused-ring (bicyclic) bond motifs is 2. The highest BCUT2D eigenvalue weighted by Gasteiger charge is 2.86. The minimum Gasteiger partial charge on any atom is -0.374 e. The van der Waals surface area contributed by atoms with E-state index in [9.17, 15) is 23.2 Å². The van der Waals surface area contributed by atoms with Crippen LogP contribution in [0.5, 0.6) is 0 Å². The van der Waals surface area contributed by atoms with Gasteiger partial charge in [0.1, 0.15) is 11.5 Å². The molecule has 0 spiro atoms. The van der Waals surface area contributed by atoms with Crippen LogP contribution in [0.15, 0.2) is 30.5 Å². The molecule has 0 radical (unpaired) electrons. The van der Waals surface area contributed by atoms with Gasteiger partial charge in [-0.2, -0.15) is 18.4 Å². The summed E-state index contributed by atoms with van der Waals surface area (Å²) in [7, 11) is 0. The molecule has 3 atom stereocenters. The summed E-state index contributed by atoms with van der Waals surface area (Å²) < 4.78 is 48.2. The van der Waals surface area contributed by atoms with E-state index in [2.05, 4.69) is 21.7 Å². The molecule has 2 aromatic rings. The van der Waals surface area contributed by atoms with Crippen molar-refractivity contribution in [3.8, 4) is 6.07 Å². The molecular formula is C22H22F3N5O2. The Morgan fingerprint density at radius 1 is 1.38 bits per heavy atom. The predicted molar refractivity (Wildman–Crippen MR) is 110 cm³/mol. The number of carbonyl (C=O) groups excluding carboxylic acids is 1. The summed E-state index contributed by atoms with van der Waals surface area (Å²) in [5.74, 6) is -0.581. The topological polar surface area (TPSA) is 90.3 Å². The van der Waals surface area contributed by atoms with E-state index in [1.54, 1.807) is 35.4 Å². The molecule has 1 aromatic heterocycles. The molecule has 5 rings (SSSR count). The van der Waals surface area contributed by atoms with Gasteiger partial charge in [-0.3, -0.25) is 9.78 Å². The average Bonchev–Trinajstić information content (AvgIpc) is 3.35. The molecule has 3 heterocycles. The molecule has 1 saturated carbocycles. The van der Waals surface area contributed by atoms with E-state index in [4.69, 9.17) is 4.74 Å². The third kappa shape index (κ3) is 3.03. The highest BCUT2D eigenvalue weighted by atomic mass is 19.4. The highest BCUT2D eigenvalue weighted by Crippen LogP contribution is 2.75. The number of aromatic nitrogens is 1. The number of hydrogen-bond acceptors (Lipinski definition) is 6. The molecule has 1 aliphatic carbocycles. The lowest BCUT2D eigenvalue weighted by Crippen LogP contribution is -2.48. The monoisotopic (exact) mass is 445 g/mol. The first-order chi connectivity index (χ1) is 15.3. The summed E-state index contributed by atoms with van der Waals surface area (Å²) >= 11 is 0. The number of anilines is 1.